The summed E-state index contributed by atoms with van der Waals surface area (Å²) in [7, 11) is 0. The summed E-state index contributed by atoms with van der Waals surface area (Å²) < 4.78 is 5.20. The van der Waals surface area contributed by atoms with E-state index in [1.54, 1.807) is 0 Å². The van der Waals surface area contributed by atoms with Gasteiger partial charge in [0.05, 0.1) is 12.1 Å². The number of carbonyl (C=O) groups is 2. The second-order valence-corrected chi connectivity index (χ2v) is 4.64. The topological polar surface area (TPSA) is 87.7 Å². The molecule has 2 atom stereocenters. The molecule has 0 spiro atoms. The van der Waals surface area contributed by atoms with Gasteiger partial charge < -0.3 is 20.5 Å². The van der Waals surface area contributed by atoms with Crippen molar-refractivity contribution in [2.24, 2.45) is 0 Å². The number of nitrogens with one attached hydrogen (secondary N) is 2. The Morgan fingerprint density at radius 3 is 2.71 bits per heavy atom. The quantitative estimate of drug-likeness (QED) is 0.665. The lowest BCUT2D eigenvalue weighted by Crippen LogP contribution is -2.54. The molecule has 0 radical (unpaired) electrons. The maximum atomic E-state index is 11.7. The van der Waals surface area contributed by atoms with Gasteiger partial charge in [0.1, 0.15) is 6.04 Å². The van der Waals surface area contributed by atoms with Gasteiger partial charge in [0, 0.05) is 6.61 Å². The van der Waals surface area contributed by atoms with Gasteiger partial charge in [0.15, 0.2) is 0 Å². The molecule has 0 aromatic heterocycles. The number of urea groups is 1. The fourth-order valence-corrected chi connectivity index (χ4v) is 1.78. The Labute approximate surface area is 101 Å². The van der Waals surface area contributed by atoms with Crippen molar-refractivity contribution in [2.45, 2.75) is 44.7 Å². The molecule has 1 fully saturated rings. The molecule has 1 saturated heterocycles. The Morgan fingerprint density at radius 1 is 1.53 bits per heavy atom. The molecule has 0 aromatic rings. The van der Waals surface area contributed by atoms with Crippen molar-refractivity contribution in [1.82, 2.24) is 10.6 Å². The van der Waals surface area contributed by atoms with Crippen LogP contribution in [-0.4, -0.2) is 41.9 Å². The monoisotopic (exact) mass is 244 g/mol. The van der Waals surface area contributed by atoms with Crippen molar-refractivity contribution in [3.8, 4) is 0 Å². The first-order valence-electron chi connectivity index (χ1n) is 5.86. The van der Waals surface area contributed by atoms with Gasteiger partial charge in [-0.25, -0.2) is 9.59 Å². The molecule has 6 heteroatoms. The van der Waals surface area contributed by atoms with Gasteiger partial charge in [-0.1, -0.05) is 13.3 Å². The highest BCUT2D eigenvalue weighted by Gasteiger charge is 2.32. The summed E-state index contributed by atoms with van der Waals surface area (Å²) in [6.07, 6.45) is 1.87. The summed E-state index contributed by atoms with van der Waals surface area (Å²) in [4.78, 5) is 22.5. The van der Waals surface area contributed by atoms with Crippen LogP contribution in [0.3, 0.4) is 0 Å². The van der Waals surface area contributed by atoms with E-state index in [0.717, 1.165) is 6.42 Å². The number of amides is 2. The fourth-order valence-electron chi connectivity index (χ4n) is 1.78. The molecule has 1 aliphatic heterocycles. The molecule has 98 valence electrons. The minimum absolute atomic E-state index is 0.390. The molecule has 1 rings (SSSR count). The molecule has 0 saturated carbocycles. The van der Waals surface area contributed by atoms with Gasteiger partial charge in [-0.2, -0.15) is 0 Å². The van der Waals surface area contributed by atoms with E-state index in [2.05, 4.69) is 10.6 Å². The van der Waals surface area contributed by atoms with Crippen LogP contribution in [0.2, 0.25) is 0 Å². The Balaban J connectivity index is 2.44. The number of hydrogen-bond acceptors (Lipinski definition) is 3. The maximum absolute atomic E-state index is 11.7. The largest absolute Gasteiger partial charge is 0.480 e. The van der Waals surface area contributed by atoms with Crippen LogP contribution in [0.4, 0.5) is 4.79 Å². The number of rotatable bonds is 5. The fraction of sp³-hybridized carbons (Fsp3) is 0.818. The first-order chi connectivity index (χ1) is 7.97. The van der Waals surface area contributed by atoms with Crippen LogP contribution in [0.15, 0.2) is 0 Å². The second kappa shape index (κ2) is 5.86. The predicted molar refractivity (Wildman–Crippen MR) is 61.8 cm³/mol. The molecule has 1 unspecified atom stereocenters. The zero-order valence-corrected chi connectivity index (χ0v) is 10.3. The van der Waals surface area contributed by atoms with Gasteiger partial charge in [0.2, 0.25) is 0 Å². The van der Waals surface area contributed by atoms with Crippen molar-refractivity contribution in [2.75, 3.05) is 13.2 Å². The van der Waals surface area contributed by atoms with Crippen LogP contribution >= 0.6 is 0 Å². The molecule has 2 amide bonds. The van der Waals surface area contributed by atoms with Crippen LogP contribution in [-0.2, 0) is 9.53 Å². The summed E-state index contributed by atoms with van der Waals surface area (Å²) in [5, 5.41) is 14.1. The van der Waals surface area contributed by atoms with E-state index in [0.29, 0.717) is 26.1 Å². The normalized spacial score (nSPS) is 25.3. The van der Waals surface area contributed by atoms with Crippen molar-refractivity contribution in [1.29, 1.82) is 0 Å². The molecule has 0 aliphatic carbocycles. The molecular weight excluding hydrogens is 224 g/mol. The minimum Gasteiger partial charge on any atom is -0.480 e. The van der Waals surface area contributed by atoms with Gasteiger partial charge in [0.25, 0.3) is 0 Å². The zero-order valence-electron chi connectivity index (χ0n) is 10.3. The van der Waals surface area contributed by atoms with E-state index in [4.69, 9.17) is 9.84 Å². The summed E-state index contributed by atoms with van der Waals surface area (Å²) >= 11 is 0. The lowest BCUT2D eigenvalue weighted by atomic mass is 10.0. The average Bonchev–Trinajstić information content (AvgIpc) is 2.63. The van der Waals surface area contributed by atoms with Crippen LogP contribution in [0.25, 0.3) is 0 Å². The SMILES string of the molecule is CCC[C@@H](NC(=O)NC1(C)CCOC1)C(=O)O. The van der Waals surface area contributed by atoms with Gasteiger partial charge in [-0.05, 0) is 19.8 Å². The van der Waals surface area contributed by atoms with Crippen LogP contribution in [0.1, 0.15) is 33.1 Å². The third-order valence-electron chi connectivity index (χ3n) is 2.81. The highest BCUT2D eigenvalue weighted by molar-refractivity contribution is 5.82. The number of carboxylic acids is 1. The van der Waals surface area contributed by atoms with Gasteiger partial charge in [-0.3, -0.25) is 0 Å². The molecular formula is C11H20N2O4. The van der Waals surface area contributed by atoms with Crippen LogP contribution in [0.5, 0.6) is 0 Å². The number of carboxylic acid groups (broad SMARTS) is 1. The van der Waals surface area contributed by atoms with Crippen LogP contribution in [0, 0.1) is 0 Å². The number of aliphatic carboxylic acids is 1. The summed E-state index contributed by atoms with van der Waals surface area (Å²) in [5.74, 6) is -1.00. The standard InChI is InChI=1S/C11H20N2O4/c1-3-4-8(9(14)15)12-10(16)13-11(2)5-6-17-7-11/h8H,3-7H2,1-2H3,(H,14,15)(H2,12,13,16)/t8-,11?/m1/s1. The summed E-state index contributed by atoms with van der Waals surface area (Å²) in [5.41, 5.74) is -0.390. The van der Waals surface area contributed by atoms with Crippen molar-refractivity contribution in [3.05, 3.63) is 0 Å². The Hall–Kier alpha value is -1.30. The molecule has 3 N–H and O–H groups in total. The van der Waals surface area contributed by atoms with Crippen LogP contribution < -0.4 is 10.6 Å². The zero-order chi connectivity index (χ0) is 12.9. The highest BCUT2D eigenvalue weighted by atomic mass is 16.5. The summed E-state index contributed by atoms with van der Waals surface area (Å²) in [6.45, 7) is 4.84. The van der Waals surface area contributed by atoms with Crippen molar-refractivity contribution >= 4 is 12.0 Å². The van der Waals surface area contributed by atoms with Crippen molar-refractivity contribution < 1.29 is 19.4 Å². The smallest absolute Gasteiger partial charge is 0.326 e. The molecule has 1 aliphatic rings. The number of ether oxygens (including phenoxy) is 1. The van der Waals surface area contributed by atoms with E-state index in [9.17, 15) is 9.59 Å². The second-order valence-electron chi connectivity index (χ2n) is 4.64. The minimum atomic E-state index is -1.00. The first kappa shape index (κ1) is 13.8. The molecule has 1 heterocycles. The Bertz CT molecular complexity index is 287. The molecule has 0 aromatic carbocycles. The van der Waals surface area contributed by atoms with E-state index < -0.39 is 18.0 Å². The summed E-state index contributed by atoms with van der Waals surface area (Å²) in [6, 6.07) is -1.27. The van der Waals surface area contributed by atoms with E-state index in [1.165, 1.54) is 0 Å². The number of carbonyl (C=O) groups excluding carboxylic acids is 1. The lowest BCUT2D eigenvalue weighted by molar-refractivity contribution is -0.139. The molecule has 17 heavy (non-hydrogen) atoms. The molecule has 6 nitrogen and oxygen atoms in total. The third kappa shape index (κ3) is 4.22. The Morgan fingerprint density at radius 2 is 2.24 bits per heavy atom. The predicted octanol–water partition coefficient (Wildman–Crippen LogP) is 0.718. The number of hydrogen-bond donors (Lipinski definition) is 3. The Kier molecular flexibility index (Phi) is 4.74. The van der Waals surface area contributed by atoms with Gasteiger partial charge in [-0.15, -0.1) is 0 Å². The maximum Gasteiger partial charge on any atom is 0.326 e. The highest BCUT2D eigenvalue weighted by Crippen LogP contribution is 2.17. The van der Waals surface area contributed by atoms with Crippen molar-refractivity contribution in [3.63, 3.8) is 0 Å². The lowest BCUT2D eigenvalue weighted by Gasteiger charge is -2.25. The van der Waals surface area contributed by atoms with E-state index in [-0.39, 0.29) is 5.54 Å². The average molecular weight is 244 g/mol. The van der Waals surface area contributed by atoms with Gasteiger partial charge >= 0.3 is 12.0 Å². The van der Waals surface area contributed by atoms with E-state index >= 15 is 0 Å². The first-order valence-corrected chi connectivity index (χ1v) is 5.86. The third-order valence-corrected chi connectivity index (χ3v) is 2.81. The molecule has 0 bridgehead atoms. The van der Waals surface area contributed by atoms with E-state index in [1.807, 2.05) is 13.8 Å².